The lowest BCUT2D eigenvalue weighted by Crippen LogP contribution is -2.18. The van der Waals surface area contributed by atoms with E-state index in [1.807, 2.05) is 31.2 Å². The molecule has 29 heavy (non-hydrogen) atoms. The highest BCUT2D eigenvalue weighted by atomic mass is 16.1. The van der Waals surface area contributed by atoms with E-state index in [2.05, 4.69) is 27.2 Å². The van der Waals surface area contributed by atoms with Gasteiger partial charge in [0.05, 0.1) is 17.1 Å². The number of nitrogen functional groups attached to an aromatic ring is 1. The zero-order chi connectivity index (χ0) is 20.1. The van der Waals surface area contributed by atoms with Crippen molar-refractivity contribution in [2.75, 3.05) is 23.0 Å². The smallest absolute Gasteiger partial charge is 0.269 e. The Labute approximate surface area is 167 Å². The first kappa shape index (κ1) is 17.4. The van der Waals surface area contributed by atoms with Crippen LogP contribution in [-0.2, 0) is 13.0 Å². The minimum absolute atomic E-state index is 0.0384. The number of carbonyl (C=O) groups excluding carboxylic acids is 1. The van der Waals surface area contributed by atoms with Gasteiger partial charge in [-0.3, -0.25) is 4.79 Å². The minimum atomic E-state index is -0.672. The first-order valence-corrected chi connectivity index (χ1v) is 9.49. The summed E-state index contributed by atoms with van der Waals surface area (Å²) in [5.41, 5.74) is 26.0. The average molecular weight is 387 g/mol. The third-order valence-electron chi connectivity index (χ3n) is 5.51. The Morgan fingerprint density at radius 1 is 1.17 bits per heavy atom. The number of fused-ring (bicyclic) bond motifs is 2. The van der Waals surface area contributed by atoms with Gasteiger partial charge in [-0.05, 0) is 36.6 Å². The van der Waals surface area contributed by atoms with E-state index >= 15 is 0 Å². The summed E-state index contributed by atoms with van der Waals surface area (Å²) < 4.78 is 0. The van der Waals surface area contributed by atoms with Crippen LogP contribution in [-0.4, -0.2) is 22.4 Å². The van der Waals surface area contributed by atoms with Gasteiger partial charge in [0.2, 0.25) is 0 Å². The lowest BCUT2D eigenvalue weighted by atomic mass is 9.96. The van der Waals surface area contributed by atoms with Crippen LogP contribution >= 0.6 is 0 Å². The van der Waals surface area contributed by atoms with Gasteiger partial charge >= 0.3 is 0 Å². The fourth-order valence-electron chi connectivity index (χ4n) is 4.12. The van der Waals surface area contributed by atoms with Gasteiger partial charge in [0, 0.05) is 35.5 Å². The standard InChI is InChI=1S/C21H21N7O/c1-10-5-6-14-13(9-25-28-14)15(10)18-16(22)19(20(23)29)27-21(26-18)12-4-2-3-11-7-8-24-17(11)12/h2-6,24-25,28H,7-9,22H2,1H3,(H2,23,29). The highest BCUT2D eigenvalue weighted by Gasteiger charge is 2.25. The molecule has 3 aromatic rings. The largest absolute Gasteiger partial charge is 0.395 e. The van der Waals surface area contributed by atoms with E-state index in [0.717, 1.165) is 46.6 Å². The predicted molar refractivity (Wildman–Crippen MR) is 113 cm³/mol. The van der Waals surface area contributed by atoms with Crippen LogP contribution in [0.5, 0.6) is 0 Å². The van der Waals surface area contributed by atoms with Crippen molar-refractivity contribution >= 4 is 23.0 Å². The molecule has 8 nitrogen and oxygen atoms in total. The summed E-state index contributed by atoms with van der Waals surface area (Å²) in [6.45, 7) is 3.49. The molecule has 2 aliphatic heterocycles. The molecule has 5 rings (SSSR count). The number of hydrazine groups is 1. The van der Waals surface area contributed by atoms with E-state index in [0.29, 0.717) is 18.1 Å². The van der Waals surface area contributed by atoms with Crippen molar-refractivity contribution in [2.24, 2.45) is 5.73 Å². The van der Waals surface area contributed by atoms with Crippen LogP contribution in [0.2, 0.25) is 0 Å². The molecule has 1 aromatic heterocycles. The fraction of sp³-hybridized carbons (Fsp3) is 0.190. The molecule has 8 heteroatoms. The van der Waals surface area contributed by atoms with Crippen LogP contribution in [0.25, 0.3) is 22.6 Å². The first-order chi connectivity index (χ1) is 14.0. The lowest BCUT2D eigenvalue weighted by Gasteiger charge is -2.16. The van der Waals surface area contributed by atoms with Gasteiger partial charge in [-0.1, -0.05) is 18.2 Å². The number of primary amides is 1. The number of aromatic nitrogens is 2. The van der Waals surface area contributed by atoms with E-state index in [1.165, 1.54) is 5.56 Å². The molecule has 0 aliphatic carbocycles. The topological polar surface area (TPSA) is 131 Å². The molecule has 0 unspecified atom stereocenters. The van der Waals surface area contributed by atoms with E-state index in [1.54, 1.807) is 0 Å². The zero-order valence-corrected chi connectivity index (χ0v) is 16.0. The minimum Gasteiger partial charge on any atom is -0.395 e. The van der Waals surface area contributed by atoms with Crippen LogP contribution < -0.4 is 27.6 Å². The average Bonchev–Trinajstić information content (AvgIpc) is 3.37. The zero-order valence-electron chi connectivity index (χ0n) is 16.0. The van der Waals surface area contributed by atoms with Crippen molar-refractivity contribution in [3.05, 3.63) is 52.7 Å². The van der Waals surface area contributed by atoms with E-state index < -0.39 is 5.91 Å². The maximum atomic E-state index is 12.2. The molecule has 1 amide bonds. The fourth-order valence-corrected chi connectivity index (χ4v) is 4.12. The summed E-state index contributed by atoms with van der Waals surface area (Å²) in [7, 11) is 0. The maximum Gasteiger partial charge on any atom is 0.269 e. The Bertz CT molecular complexity index is 1170. The number of carbonyl (C=O) groups is 1. The summed E-state index contributed by atoms with van der Waals surface area (Å²) in [5, 5.41) is 3.40. The van der Waals surface area contributed by atoms with Crippen LogP contribution in [0.3, 0.4) is 0 Å². The van der Waals surface area contributed by atoms with E-state index in [9.17, 15) is 4.79 Å². The van der Waals surface area contributed by atoms with E-state index in [-0.39, 0.29) is 11.4 Å². The summed E-state index contributed by atoms with van der Waals surface area (Å²) in [6, 6.07) is 10.0. The van der Waals surface area contributed by atoms with Crippen molar-refractivity contribution in [1.82, 2.24) is 15.4 Å². The Morgan fingerprint density at radius 2 is 2.03 bits per heavy atom. The monoisotopic (exact) mass is 387 g/mol. The van der Waals surface area contributed by atoms with Gasteiger partial charge in [0.1, 0.15) is 0 Å². The van der Waals surface area contributed by atoms with Gasteiger partial charge in [0.25, 0.3) is 5.91 Å². The van der Waals surface area contributed by atoms with Crippen molar-refractivity contribution < 1.29 is 4.79 Å². The van der Waals surface area contributed by atoms with Crippen molar-refractivity contribution in [1.29, 1.82) is 0 Å². The highest BCUT2D eigenvalue weighted by molar-refractivity contribution is 6.00. The molecule has 0 saturated carbocycles. The Balaban J connectivity index is 1.80. The lowest BCUT2D eigenvalue weighted by molar-refractivity contribution is 0.0996. The number of benzene rings is 2. The number of amides is 1. The summed E-state index contributed by atoms with van der Waals surface area (Å²) in [6.07, 6.45) is 0.941. The number of hydrogen-bond donors (Lipinski definition) is 5. The molecule has 0 bridgehead atoms. The molecule has 0 spiro atoms. The van der Waals surface area contributed by atoms with Crippen molar-refractivity contribution in [3.8, 4) is 22.6 Å². The normalized spacial score (nSPS) is 14.1. The van der Waals surface area contributed by atoms with Gasteiger partial charge in [-0.25, -0.2) is 15.4 Å². The van der Waals surface area contributed by atoms with Crippen LogP contribution in [0.15, 0.2) is 30.3 Å². The van der Waals surface area contributed by atoms with Crippen molar-refractivity contribution in [2.45, 2.75) is 19.9 Å². The highest BCUT2D eigenvalue weighted by Crippen LogP contribution is 2.39. The molecule has 146 valence electrons. The molecular formula is C21H21N7O. The summed E-state index contributed by atoms with van der Waals surface area (Å²) >= 11 is 0. The number of nitrogens with two attached hydrogens (primary N) is 2. The molecule has 2 aliphatic rings. The number of aryl methyl sites for hydroxylation is 1. The second kappa shape index (κ2) is 6.46. The van der Waals surface area contributed by atoms with Crippen LogP contribution in [0, 0.1) is 6.92 Å². The summed E-state index contributed by atoms with van der Waals surface area (Å²) in [5.74, 6) is -0.236. The van der Waals surface area contributed by atoms with Crippen molar-refractivity contribution in [3.63, 3.8) is 0 Å². The number of hydrogen-bond acceptors (Lipinski definition) is 7. The first-order valence-electron chi connectivity index (χ1n) is 9.49. The Morgan fingerprint density at radius 3 is 2.86 bits per heavy atom. The second-order valence-corrected chi connectivity index (χ2v) is 7.30. The van der Waals surface area contributed by atoms with Gasteiger partial charge in [-0.15, -0.1) is 0 Å². The molecule has 0 saturated heterocycles. The molecule has 7 N–H and O–H groups in total. The third-order valence-corrected chi connectivity index (χ3v) is 5.51. The predicted octanol–water partition coefficient (Wildman–Crippen LogP) is 2.20. The second-order valence-electron chi connectivity index (χ2n) is 7.30. The maximum absolute atomic E-state index is 12.2. The number of nitrogens with one attached hydrogen (secondary N) is 3. The molecule has 2 aromatic carbocycles. The van der Waals surface area contributed by atoms with E-state index in [4.69, 9.17) is 16.5 Å². The molecule has 3 heterocycles. The molecule has 0 atom stereocenters. The number of para-hydroxylation sites is 1. The summed E-state index contributed by atoms with van der Waals surface area (Å²) in [4.78, 5) is 21.4. The number of nitrogens with zero attached hydrogens (tertiary/aromatic N) is 2. The number of anilines is 3. The molecule has 0 fully saturated rings. The van der Waals surface area contributed by atoms with Gasteiger partial charge in [0.15, 0.2) is 11.5 Å². The number of rotatable bonds is 3. The Hall–Kier alpha value is -3.65. The molecule has 0 radical (unpaired) electrons. The van der Waals surface area contributed by atoms with Gasteiger partial charge < -0.3 is 22.2 Å². The van der Waals surface area contributed by atoms with Crippen LogP contribution in [0.1, 0.15) is 27.2 Å². The quantitative estimate of drug-likeness (QED) is 0.465. The molecular weight excluding hydrogens is 366 g/mol. The SMILES string of the molecule is Cc1ccc2c(c1-c1nc(-c3cccc4c3NCC4)nc(C(N)=O)c1N)CNN2. The third kappa shape index (κ3) is 2.68. The van der Waals surface area contributed by atoms with Gasteiger partial charge in [-0.2, -0.15) is 0 Å². The van der Waals surface area contributed by atoms with Crippen LogP contribution in [0.4, 0.5) is 17.1 Å². The Kier molecular flexibility index (Phi) is 3.88.